The van der Waals surface area contributed by atoms with Crippen molar-refractivity contribution in [2.24, 2.45) is 7.05 Å². The standard InChI is InChI=1S/C11H12N4O2/c1-8-9(4-3-5-10(8)15(16)17)12-11-6-7-14(2)13-11/h3-7H,1-2H3,(H,12,13). The predicted octanol–water partition coefficient (Wildman–Crippen LogP) is 2.38. The van der Waals surface area contributed by atoms with Crippen molar-refractivity contribution in [1.82, 2.24) is 9.78 Å². The molecule has 1 heterocycles. The molecule has 6 heteroatoms. The number of nitro groups is 1. The van der Waals surface area contributed by atoms with E-state index in [2.05, 4.69) is 10.4 Å². The highest BCUT2D eigenvalue weighted by Gasteiger charge is 2.13. The van der Waals surface area contributed by atoms with Crippen molar-refractivity contribution in [2.75, 3.05) is 5.32 Å². The summed E-state index contributed by atoms with van der Waals surface area (Å²) >= 11 is 0. The van der Waals surface area contributed by atoms with Gasteiger partial charge in [0.25, 0.3) is 5.69 Å². The molecule has 1 aromatic heterocycles. The van der Waals surface area contributed by atoms with Gasteiger partial charge in [0, 0.05) is 31.1 Å². The zero-order valence-electron chi connectivity index (χ0n) is 9.54. The van der Waals surface area contributed by atoms with Crippen molar-refractivity contribution in [2.45, 2.75) is 6.92 Å². The molecule has 0 radical (unpaired) electrons. The van der Waals surface area contributed by atoms with Gasteiger partial charge in [0.05, 0.1) is 10.5 Å². The van der Waals surface area contributed by atoms with E-state index in [0.29, 0.717) is 17.1 Å². The van der Waals surface area contributed by atoms with Crippen LogP contribution in [-0.2, 0) is 7.05 Å². The molecule has 0 aliphatic heterocycles. The highest BCUT2D eigenvalue weighted by Crippen LogP contribution is 2.26. The maximum atomic E-state index is 10.8. The summed E-state index contributed by atoms with van der Waals surface area (Å²) in [5, 5.41) is 18.0. The average molecular weight is 232 g/mol. The number of nitrogens with one attached hydrogen (secondary N) is 1. The van der Waals surface area contributed by atoms with E-state index < -0.39 is 0 Å². The van der Waals surface area contributed by atoms with Gasteiger partial charge in [-0.3, -0.25) is 14.8 Å². The summed E-state index contributed by atoms with van der Waals surface area (Å²) in [6, 6.07) is 6.73. The molecular weight excluding hydrogens is 220 g/mol. The lowest BCUT2D eigenvalue weighted by atomic mass is 10.1. The molecule has 0 saturated heterocycles. The van der Waals surface area contributed by atoms with Gasteiger partial charge in [-0.1, -0.05) is 6.07 Å². The molecule has 0 aliphatic rings. The van der Waals surface area contributed by atoms with Crippen LogP contribution in [0.3, 0.4) is 0 Å². The van der Waals surface area contributed by atoms with Crippen LogP contribution in [0.5, 0.6) is 0 Å². The number of hydrogen-bond donors (Lipinski definition) is 1. The van der Waals surface area contributed by atoms with Crippen molar-refractivity contribution >= 4 is 17.2 Å². The first-order valence-corrected chi connectivity index (χ1v) is 5.08. The molecule has 1 aromatic carbocycles. The fraction of sp³-hybridized carbons (Fsp3) is 0.182. The second-order valence-corrected chi connectivity index (χ2v) is 3.71. The molecule has 6 nitrogen and oxygen atoms in total. The van der Waals surface area contributed by atoms with E-state index in [-0.39, 0.29) is 10.6 Å². The highest BCUT2D eigenvalue weighted by atomic mass is 16.6. The Labute approximate surface area is 98.0 Å². The molecule has 0 saturated carbocycles. The van der Waals surface area contributed by atoms with Crippen LogP contribution in [0.2, 0.25) is 0 Å². The lowest BCUT2D eigenvalue weighted by Crippen LogP contribution is -1.98. The van der Waals surface area contributed by atoms with Crippen LogP contribution < -0.4 is 5.32 Å². The lowest BCUT2D eigenvalue weighted by molar-refractivity contribution is -0.385. The Morgan fingerprint density at radius 2 is 2.18 bits per heavy atom. The van der Waals surface area contributed by atoms with Crippen LogP contribution in [-0.4, -0.2) is 14.7 Å². The van der Waals surface area contributed by atoms with Crippen LogP contribution in [0.1, 0.15) is 5.56 Å². The maximum Gasteiger partial charge on any atom is 0.274 e. The number of rotatable bonds is 3. The zero-order valence-corrected chi connectivity index (χ0v) is 9.54. The fourth-order valence-electron chi connectivity index (χ4n) is 1.58. The van der Waals surface area contributed by atoms with Gasteiger partial charge in [0.15, 0.2) is 5.82 Å². The van der Waals surface area contributed by atoms with Crippen molar-refractivity contribution < 1.29 is 4.92 Å². The van der Waals surface area contributed by atoms with Gasteiger partial charge in [0.2, 0.25) is 0 Å². The van der Waals surface area contributed by atoms with Crippen LogP contribution >= 0.6 is 0 Å². The van der Waals surface area contributed by atoms with Crippen LogP contribution in [0.25, 0.3) is 0 Å². The van der Waals surface area contributed by atoms with Gasteiger partial charge in [-0.15, -0.1) is 0 Å². The predicted molar refractivity (Wildman–Crippen MR) is 64.3 cm³/mol. The van der Waals surface area contributed by atoms with E-state index in [4.69, 9.17) is 0 Å². The van der Waals surface area contributed by atoms with E-state index >= 15 is 0 Å². The van der Waals surface area contributed by atoms with Crippen LogP contribution in [0.4, 0.5) is 17.2 Å². The topological polar surface area (TPSA) is 73.0 Å². The summed E-state index contributed by atoms with van der Waals surface area (Å²) in [6.07, 6.45) is 1.80. The Morgan fingerprint density at radius 1 is 1.41 bits per heavy atom. The summed E-state index contributed by atoms with van der Waals surface area (Å²) in [5.74, 6) is 0.663. The SMILES string of the molecule is Cc1c(Nc2ccn(C)n2)cccc1[N+](=O)[O-]. The summed E-state index contributed by atoms with van der Waals surface area (Å²) in [5.41, 5.74) is 1.40. The number of nitrogens with zero attached hydrogens (tertiary/aromatic N) is 3. The maximum absolute atomic E-state index is 10.8. The summed E-state index contributed by atoms with van der Waals surface area (Å²) < 4.78 is 1.66. The number of aryl methyl sites for hydroxylation is 1. The molecular formula is C11H12N4O2. The van der Waals surface area contributed by atoms with Crippen molar-refractivity contribution in [3.63, 3.8) is 0 Å². The van der Waals surface area contributed by atoms with Crippen molar-refractivity contribution in [1.29, 1.82) is 0 Å². The minimum Gasteiger partial charge on any atom is -0.338 e. The Kier molecular flexibility index (Phi) is 2.78. The lowest BCUT2D eigenvalue weighted by Gasteiger charge is -2.06. The van der Waals surface area contributed by atoms with Gasteiger partial charge in [-0.25, -0.2) is 0 Å². The summed E-state index contributed by atoms with van der Waals surface area (Å²) in [6.45, 7) is 1.71. The molecule has 0 unspecified atom stereocenters. The molecule has 0 amide bonds. The van der Waals surface area contributed by atoms with E-state index in [1.165, 1.54) is 6.07 Å². The van der Waals surface area contributed by atoms with Gasteiger partial charge < -0.3 is 5.32 Å². The normalized spacial score (nSPS) is 10.2. The first-order valence-electron chi connectivity index (χ1n) is 5.08. The van der Waals surface area contributed by atoms with E-state index in [9.17, 15) is 10.1 Å². The molecule has 0 spiro atoms. The molecule has 2 aromatic rings. The largest absolute Gasteiger partial charge is 0.338 e. The molecule has 0 bridgehead atoms. The second-order valence-electron chi connectivity index (χ2n) is 3.71. The van der Waals surface area contributed by atoms with Gasteiger partial charge in [-0.2, -0.15) is 5.10 Å². The molecule has 0 atom stereocenters. The van der Waals surface area contributed by atoms with Gasteiger partial charge in [0.1, 0.15) is 0 Å². The van der Waals surface area contributed by atoms with Crippen LogP contribution in [0, 0.1) is 17.0 Å². The van der Waals surface area contributed by atoms with Crippen LogP contribution in [0.15, 0.2) is 30.5 Å². The Morgan fingerprint density at radius 3 is 2.76 bits per heavy atom. The minimum absolute atomic E-state index is 0.103. The van der Waals surface area contributed by atoms with Crippen molar-refractivity contribution in [3.05, 3.63) is 46.1 Å². The molecule has 17 heavy (non-hydrogen) atoms. The first-order chi connectivity index (χ1) is 8.08. The molecule has 88 valence electrons. The van der Waals surface area contributed by atoms with E-state index in [1.54, 1.807) is 36.0 Å². The average Bonchev–Trinajstić information content (AvgIpc) is 2.67. The smallest absolute Gasteiger partial charge is 0.274 e. The number of nitro benzene ring substituents is 1. The first kappa shape index (κ1) is 11.1. The van der Waals surface area contributed by atoms with E-state index in [0.717, 1.165) is 0 Å². The van der Waals surface area contributed by atoms with E-state index in [1.807, 2.05) is 7.05 Å². The molecule has 0 fully saturated rings. The zero-order chi connectivity index (χ0) is 12.4. The summed E-state index contributed by atoms with van der Waals surface area (Å²) in [4.78, 5) is 10.4. The number of benzene rings is 1. The Hall–Kier alpha value is -2.37. The summed E-state index contributed by atoms with van der Waals surface area (Å²) in [7, 11) is 1.81. The van der Waals surface area contributed by atoms with Gasteiger partial charge >= 0.3 is 0 Å². The van der Waals surface area contributed by atoms with Gasteiger partial charge in [-0.05, 0) is 13.0 Å². The third-order valence-corrected chi connectivity index (χ3v) is 2.48. The highest BCUT2D eigenvalue weighted by molar-refractivity contribution is 5.65. The second kappa shape index (κ2) is 4.25. The molecule has 0 aliphatic carbocycles. The molecule has 2 rings (SSSR count). The fourth-order valence-corrected chi connectivity index (χ4v) is 1.58. The number of aromatic nitrogens is 2. The number of hydrogen-bond acceptors (Lipinski definition) is 4. The third kappa shape index (κ3) is 2.25. The minimum atomic E-state index is -0.390. The monoisotopic (exact) mass is 232 g/mol. The Balaban J connectivity index is 2.33. The Bertz CT molecular complexity index is 562. The third-order valence-electron chi connectivity index (χ3n) is 2.48. The number of anilines is 2. The van der Waals surface area contributed by atoms with Crippen molar-refractivity contribution in [3.8, 4) is 0 Å². The quantitative estimate of drug-likeness (QED) is 0.651. The molecule has 1 N–H and O–H groups in total.